The Hall–Kier alpha value is -2.66. The van der Waals surface area contributed by atoms with E-state index in [-0.39, 0.29) is 11.9 Å². The lowest BCUT2D eigenvalue weighted by molar-refractivity contribution is -0.116. The molecule has 0 aliphatic carbocycles. The fraction of sp³-hybridized carbons (Fsp3) is 0.238. The number of thiazole rings is 1. The number of rotatable bonds is 6. The van der Waals surface area contributed by atoms with Crippen LogP contribution in [0.2, 0.25) is 0 Å². The van der Waals surface area contributed by atoms with Crippen molar-refractivity contribution in [3.63, 3.8) is 0 Å². The fourth-order valence-corrected chi connectivity index (χ4v) is 3.25. The molecule has 0 fully saturated rings. The maximum Gasteiger partial charge on any atom is 0.246 e. The minimum absolute atomic E-state index is 0.0616. The average Bonchev–Trinajstić information content (AvgIpc) is 3.09. The molecular formula is C21H23N3OS. The predicted molar refractivity (Wildman–Crippen MR) is 110 cm³/mol. The highest BCUT2D eigenvalue weighted by molar-refractivity contribution is 7.09. The second-order valence-electron chi connectivity index (χ2n) is 6.23. The van der Waals surface area contributed by atoms with Gasteiger partial charge in [0.25, 0.3) is 0 Å². The number of anilines is 2. The van der Waals surface area contributed by atoms with Gasteiger partial charge in [0.15, 0.2) is 0 Å². The lowest BCUT2D eigenvalue weighted by Gasteiger charge is -2.15. The Morgan fingerprint density at radius 1 is 1.08 bits per heavy atom. The third-order valence-corrected chi connectivity index (χ3v) is 4.98. The van der Waals surface area contributed by atoms with Crippen LogP contribution in [0.25, 0.3) is 11.3 Å². The normalized spacial score (nSPS) is 11.8. The summed E-state index contributed by atoms with van der Waals surface area (Å²) in [4.78, 5) is 16.9. The minimum atomic E-state index is -0.340. The van der Waals surface area contributed by atoms with E-state index < -0.39 is 0 Å². The molecule has 0 radical (unpaired) electrons. The van der Waals surface area contributed by atoms with Crippen molar-refractivity contribution in [1.82, 2.24) is 4.98 Å². The van der Waals surface area contributed by atoms with E-state index in [2.05, 4.69) is 27.9 Å². The number of carbonyl (C=O) groups excluding carboxylic acids is 1. The monoisotopic (exact) mass is 365 g/mol. The molecular weight excluding hydrogens is 342 g/mol. The number of carbonyl (C=O) groups is 1. The minimum Gasteiger partial charge on any atom is -0.374 e. The van der Waals surface area contributed by atoms with E-state index in [1.807, 2.05) is 62.4 Å². The summed E-state index contributed by atoms with van der Waals surface area (Å²) in [5.74, 6) is -0.0616. The molecule has 3 aromatic rings. The van der Waals surface area contributed by atoms with Crippen LogP contribution >= 0.6 is 11.3 Å². The summed E-state index contributed by atoms with van der Waals surface area (Å²) in [7, 11) is 0. The van der Waals surface area contributed by atoms with E-state index in [1.165, 1.54) is 5.56 Å². The first-order valence-electron chi connectivity index (χ1n) is 8.74. The number of hydrogen-bond acceptors (Lipinski definition) is 4. The van der Waals surface area contributed by atoms with Gasteiger partial charge in [0.1, 0.15) is 6.04 Å². The summed E-state index contributed by atoms with van der Waals surface area (Å²) in [6.07, 6.45) is 0.989. The lowest BCUT2D eigenvalue weighted by Crippen LogP contribution is -2.31. The Kier molecular flexibility index (Phi) is 5.68. The van der Waals surface area contributed by atoms with Crippen LogP contribution in [-0.4, -0.2) is 16.9 Å². The van der Waals surface area contributed by atoms with Crippen LogP contribution in [0.15, 0.2) is 53.9 Å². The van der Waals surface area contributed by atoms with Crippen LogP contribution < -0.4 is 10.6 Å². The van der Waals surface area contributed by atoms with Crippen LogP contribution in [0.4, 0.5) is 11.4 Å². The van der Waals surface area contributed by atoms with Crippen molar-refractivity contribution in [2.24, 2.45) is 0 Å². The van der Waals surface area contributed by atoms with Crippen molar-refractivity contribution in [3.8, 4) is 11.3 Å². The number of benzene rings is 2. The Balaban J connectivity index is 1.59. The molecule has 1 aromatic heterocycles. The fourth-order valence-electron chi connectivity index (χ4n) is 2.62. The zero-order valence-electron chi connectivity index (χ0n) is 15.2. The molecule has 4 nitrogen and oxygen atoms in total. The van der Waals surface area contributed by atoms with Crippen molar-refractivity contribution >= 4 is 28.6 Å². The van der Waals surface area contributed by atoms with Crippen LogP contribution in [-0.2, 0) is 11.2 Å². The summed E-state index contributed by atoms with van der Waals surface area (Å²) < 4.78 is 0. The number of hydrogen-bond donors (Lipinski definition) is 2. The largest absolute Gasteiger partial charge is 0.374 e. The van der Waals surface area contributed by atoms with E-state index in [1.54, 1.807) is 11.3 Å². The molecule has 0 aliphatic rings. The first-order valence-corrected chi connectivity index (χ1v) is 9.62. The first-order chi connectivity index (χ1) is 12.5. The van der Waals surface area contributed by atoms with Crippen molar-refractivity contribution in [3.05, 3.63) is 64.5 Å². The molecule has 0 bridgehead atoms. The Labute approximate surface area is 158 Å². The zero-order valence-corrected chi connectivity index (χ0v) is 16.1. The number of aryl methyl sites for hydroxylation is 2. The summed E-state index contributed by atoms with van der Waals surface area (Å²) in [6.45, 7) is 5.97. The van der Waals surface area contributed by atoms with Crippen molar-refractivity contribution in [1.29, 1.82) is 0 Å². The van der Waals surface area contributed by atoms with Crippen molar-refractivity contribution < 1.29 is 4.79 Å². The third kappa shape index (κ3) is 4.49. The highest BCUT2D eigenvalue weighted by Crippen LogP contribution is 2.23. The van der Waals surface area contributed by atoms with Gasteiger partial charge >= 0.3 is 0 Å². The van der Waals surface area contributed by atoms with E-state index >= 15 is 0 Å². The zero-order chi connectivity index (χ0) is 18.5. The molecule has 0 saturated carbocycles. The van der Waals surface area contributed by atoms with Crippen molar-refractivity contribution in [2.45, 2.75) is 33.2 Å². The Morgan fingerprint density at radius 3 is 2.31 bits per heavy atom. The summed E-state index contributed by atoms with van der Waals surface area (Å²) in [5, 5.41) is 9.29. The second kappa shape index (κ2) is 8.15. The summed E-state index contributed by atoms with van der Waals surface area (Å²) >= 11 is 1.64. The number of amides is 1. The van der Waals surface area contributed by atoms with Gasteiger partial charge in [-0.2, -0.15) is 0 Å². The van der Waals surface area contributed by atoms with Gasteiger partial charge < -0.3 is 10.6 Å². The second-order valence-corrected chi connectivity index (χ2v) is 7.30. The molecule has 0 spiro atoms. The molecule has 1 heterocycles. The molecule has 2 N–H and O–H groups in total. The average molecular weight is 366 g/mol. The number of aromatic nitrogens is 1. The number of nitrogens with zero attached hydrogens (tertiary/aromatic N) is 1. The quantitative estimate of drug-likeness (QED) is 0.637. The highest BCUT2D eigenvalue weighted by Gasteiger charge is 2.13. The third-order valence-electron chi connectivity index (χ3n) is 4.21. The molecule has 3 rings (SSSR count). The topological polar surface area (TPSA) is 54.0 Å². The van der Waals surface area contributed by atoms with Gasteiger partial charge in [-0.3, -0.25) is 4.79 Å². The van der Waals surface area contributed by atoms with Gasteiger partial charge in [0.05, 0.1) is 10.7 Å². The Morgan fingerprint density at radius 2 is 1.73 bits per heavy atom. The van der Waals surface area contributed by atoms with E-state index in [4.69, 9.17) is 0 Å². The molecule has 1 amide bonds. The molecule has 134 valence electrons. The lowest BCUT2D eigenvalue weighted by atomic mass is 10.1. The first kappa shape index (κ1) is 18.1. The van der Waals surface area contributed by atoms with Gasteiger partial charge in [-0.15, -0.1) is 11.3 Å². The molecule has 1 atom stereocenters. The summed E-state index contributed by atoms with van der Waals surface area (Å²) in [5.41, 5.74) is 5.04. The summed E-state index contributed by atoms with van der Waals surface area (Å²) in [6, 6.07) is 15.6. The molecule has 5 heteroatoms. The maximum atomic E-state index is 12.4. The molecule has 0 unspecified atom stereocenters. The van der Waals surface area contributed by atoms with Crippen LogP contribution in [0.5, 0.6) is 0 Å². The smallest absolute Gasteiger partial charge is 0.246 e. The number of nitrogens with one attached hydrogen (secondary N) is 2. The molecule has 0 saturated heterocycles. The van der Waals surface area contributed by atoms with E-state index in [9.17, 15) is 4.79 Å². The van der Waals surface area contributed by atoms with Gasteiger partial charge in [-0.1, -0.05) is 31.2 Å². The molecule has 26 heavy (non-hydrogen) atoms. The standard InChI is InChI=1S/C21H23N3OS/c1-4-16-5-9-19(10-6-16)24-21(25)14(2)22-18-11-7-17(8-12-18)20-13-26-15(3)23-20/h5-14,22H,4H2,1-3H3,(H,24,25)/t14-/m0/s1. The maximum absolute atomic E-state index is 12.4. The predicted octanol–water partition coefficient (Wildman–Crippen LogP) is 5.12. The van der Waals surface area contributed by atoms with Gasteiger partial charge in [0, 0.05) is 22.3 Å². The van der Waals surface area contributed by atoms with E-state index in [0.29, 0.717) is 0 Å². The molecule has 0 aliphatic heterocycles. The highest BCUT2D eigenvalue weighted by atomic mass is 32.1. The van der Waals surface area contributed by atoms with Crippen LogP contribution in [0.1, 0.15) is 24.4 Å². The van der Waals surface area contributed by atoms with Gasteiger partial charge in [0.2, 0.25) is 5.91 Å². The van der Waals surface area contributed by atoms with Crippen LogP contribution in [0.3, 0.4) is 0 Å². The Bertz CT molecular complexity index is 869. The van der Waals surface area contributed by atoms with Crippen LogP contribution in [0, 0.1) is 6.92 Å². The van der Waals surface area contributed by atoms with Crippen molar-refractivity contribution in [2.75, 3.05) is 10.6 Å². The van der Waals surface area contributed by atoms with E-state index in [0.717, 1.165) is 34.1 Å². The van der Waals surface area contributed by atoms with Gasteiger partial charge in [-0.05, 0) is 50.1 Å². The SMILES string of the molecule is CCc1ccc(NC(=O)[C@H](C)Nc2ccc(-c3csc(C)n3)cc2)cc1. The molecule has 2 aromatic carbocycles. The van der Waals surface area contributed by atoms with Gasteiger partial charge in [-0.25, -0.2) is 4.98 Å².